The van der Waals surface area contributed by atoms with Gasteiger partial charge >= 0.3 is 0 Å². The van der Waals surface area contributed by atoms with Crippen LogP contribution in [0.25, 0.3) is 0 Å². The maximum Gasteiger partial charge on any atom is 0.0945 e. The lowest BCUT2D eigenvalue weighted by atomic mass is 10.3. The summed E-state index contributed by atoms with van der Waals surface area (Å²) in [4.78, 5) is 4.04. The van der Waals surface area contributed by atoms with Crippen LogP contribution in [0.4, 0.5) is 0 Å². The average Bonchev–Trinajstić information content (AvgIpc) is 2.52. The molecule has 0 spiro atoms. The van der Waals surface area contributed by atoms with Crippen LogP contribution in [0.2, 0.25) is 0 Å². The first kappa shape index (κ1) is 10.2. The normalized spacial score (nSPS) is 10.6. The molecular weight excluding hydrogens is 164 g/mol. The van der Waals surface area contributed by atoms with Gasteiger partial charge in [0, 0.05) is 19.8 Å². The molecule has 0 bridgehead atoms. The van der Waals surface area contributed by atoms with E-state index in [1.54, 1.807) is 0 Å². The van der Waals surface area contributed by atoms with Gasteiger partial charge in [0.1, 0.15) is 0 Å². The van der Waals surface area contributed by atoms with Crippen LogP contribution in [0.3, 0.4) is 0 Å². The number of aromatic nitrogens is 2. The fraction of sp³-hybridized carbons (Fsp3) is 0.667. The SMILES string of the molecule is Cn1cncc1CNCCCCN. The summed E-state index contributed by atoms with van der Waals surface area (Å²) >= 11 is 0. The third-order valence-corrected chi connectivity index (χ3v) is 2.03. The molecule has 1 rings (SSSR count). The van der Waals surface area contributed by atoms with Crippen molar-refractivity contribution < 1.29 is 0 Å². The predicted molar refractivity (Wildman–Crippen MR) is 53.2 cm³/mol. The minimum Gasteiger partial charge on any atom is -0.337 e. The zero-order valence-corrected chi connectivity index (χ0v) is 8.16. The molecule has 0 saturated carbocycles. The molecule has 0 radical (unpaired) electrons. The second kappa shape index (κ2) is 5.72. The minimum atomic E-state index is 0.785. The smallest absolute Gasteiger partial charge is 0.0945 e. The van der Waals surface area contributed by atoms with Crippen molar-refractivity contribution in [1.82, 2.24) is 14.9 Å². The molecular formula is C9H18N4. The molecule has 0 aliphatic rings. The van der Waals surface area contributed by atoms with E-state index in [1.807, 2.05) is 24.1 Å². The van der Waals surface area contributed by atoms with Crippen molar-refractivity contribution in [2.24, 2.45) is 12.8 Å². The maximum atomic E-state index is 5.39. The van der Waals surface area contributed by atoms with Crippen molar-refractivity contribution >= 4 is 0 Å². The Morgan fingerprint density at radius 1 is 1.54 bits per heavy atom. The standard InChI is InChI=1S/C9H18N4/c1-13-8-12-7-9(13)6-11-5-3-2-4-10/h7-8,11H,2-6,10H2,1H3. The summed E-state index contributed by atoms with van der Waals surface area (Å²) in [5.41, 5.74) is 6.60. The summed E-state index contributed by atoms with van der Waals surface area (Å²) < 4.78 is 2.02. The van der Waals surface area contributed by atoms with Gasteiger partial charge in [0.25, 0.3) is 0 Å². The molecule has 0 atom stereocenters. The molecule has 0 saturated heterocycles. The lowest BCUT2D eigenvalue weighted by molar-refractivity contribution is 0.609. The number of nitrogens with one attached hydrogen (secondary N) is 1. The molecule has 0 amide bonds. The Labute approximate surface area is 79.1 Å². The van der Waals surface area contributed by atoms with E-state index in [1.165, 1.54) is 5.69 Å². The van der Waals surface area contributed by atoms with Crippen molar-refractivity contribution in [2.45, 2.75) is 19.4 Å². The van der Waals surface area contributed by atoms with Gasteiger partial charge < -0.3 is 15.6 Å². The number of unbranched alkanes of at least 4 members (excludes halogenated alkanes) is 1. The molecule has 0 fully saturated rings. The highest BCUT2D eigenvalue weighted by Crippen LogP contribution is 1.94. The summed E-state index contributed by atoms with van der Waals surface area (Å²) in [5.74, 6) is 0. The summed E-state index contributed by atoms with van der Waals surface area (Å²) in [6, 6.07) is 0. The van der Waals surface area contributed by atoms with Crippen LogP contribution in [-0.2, 0) is 13.6 Å². The Bertz CT molecular complexity index is 231. The summed E-state index contributed by atoms with van der Waals surface area (Å²) in [7, 11) is 2.00. The van der Waals surface area contributed by atoms with E-state index in [0.717, 1.165) is 32.5 Å². The number of nitrogens with two attached hydrogens (primary N) is 1. The van der Waals surface area contributed by atoms with E-state index < -0.39 is 0 Å². The summed E-state index contributed by atoms with van der Waals surface area (Å²) in [6.45, 7) is 2.71. The van der Waals surface area contributed by atoms with E-state index in [9.17, 15) is 0 Å². The molecule has 74 valence electrons. The number of imidazole rings is 1. The first-order chi connectivity index (χ1) is 6.34. The third-order valence-electron chi connectivity index (χ3n) is 2.03. The second-order valence-corrected chi connectivity index (χ2v) is 3.17. The van der Waals surface area contributed by atoms with Crippen molar-refractivity contribution in [3.63, 3.8) is 0 Å². The van der Waals surface area contributed by atoms with Gasteiger partial charge in [-0.1, -0.05) is 0 Å². The summed E-state index contributed by atoms with van der Waals surface area (Å²) in [5, 5.41) is 3.35. The topological polar surface area (TPSA) is 55.9 Å². The van der Waals surface area contributed by atoms with E-state index in [2.05, 4.69) is 10.3 Å². The van der Waals surface area contributed by atoms with E-state index in [0.29, 0.717) is 0 Å². The van der Waals surface area contributed by atoms with Gasteiger partial charge in [-0.05, 0) is 25.9 Å². The molecule has 0 unspecified atom stereocenters. The Morgan fingerprint density at radius 3 is 3.00 bits per heavy atom. The van der Waals surface area contributed by atoms with Crippen molar-refractivity contribution in [3.8, 4) is 0 Å². The van der Waals surface area contributed by atoms with E-state index >= 15 is 0 Å². The van der Waals surface area contributed by atoms with Crippen LogP contribution in [0.5, 0.6) is 0 Å². The molecule has 1 aromatic rings. The Hall–Kier alpha value is -0.870. The lowest BCUT2D eigenvalue weighted by Crippen LogP contribution is -2.17. The number of hydrogen-bond donors (Lipinski definition) is 2. The van der Waals surface area contributed by atoms with Crippen molar-refractivity contribution in [2.75, 3.05) is 13.1 Å². The van der Waals surface area contributed by atoms with Crippen LogP contribution in [0.1, 0.15) is 18.5 Å². The highest BCUT2D eigenvalue weighted by molar-refractivity contribution is 4.96. The zero-order valence-electron chi connectivity index (χ0n) is 8.16. The first-order valence-corrected chi connectivity index (χ1v) is 4.70. The number of rotatable bonds is 6. The molecule has 0 aliphatic heterocycles. The highest BCUT2D eigenvalue weighted by atomic mass is 15.0. The molecule has 4 heteroatoms. The largest absolute Gasteiger partial charge is 0.337 e. The van der Waals surface area contributed by atoms with Crippen LogP contribution in [0.15, 0.2) is 12.5 Å². The lowest BCUT2D eigenvalue weighted by Gasteiger charge is -2.04. The van der Waals surface area contributed by atoms with Gasteiger partial charge in [-0.3, -0.25) is 0 Å². The third kappa shape index (κ3) is 3.57. The Morgan fingerprint density at radius 2 is 2.38 bits per heavy atom. The fourth-order valence-corrected chi connectivity index (χ4v) is 1.17. The van der Waals surface area contributed by atoms with Gasteiger partial charge in [-0.15, -0.1) is 0 Å². The first-order valence-electron chi connectivity index (χ1n) is 4.70. The zero-order chi connectivity index (χ0) is 9.52. The molecule has 3 N–H and O–H groups in total. The Kier molecular flexibility index (Phi) is 4.49. The van der Waals surface area contributed by atoms with Gasteiger partial charge in [0.2, 0.25) is 0 Å². The number of aryl methyl sites for hydroxylation is 1. The average molecular weight is 182 g/mol. The van der Waals surface area contributed by atoms with Crippen molar-refractivity contribution in [3.05, 3.63) is 18.2 Å². The van der Waals surface area contributed by atoms with E-state index in [-0.39, 0.29) is 0 Å². The number of hydrogen-bond acceptors (Lipinski definition) is 3. The molecule has 13 heavy (non-hydrogen) atoms. The number of nitrogens with zero attached hydrogens (tertiary/aromatic N) is 2. The van der Waals surface area contributed by atoms with E-state index in [4.69, 9.17) is 5.73 Å². The molecule has 0 aromatic carbocycles. The molecule has 0 aliphatic carbocycles. The molecule has 4 nitrogen and oxygen atoms in total. The minimum absolute atomic E-state index is 0.785. The van der Waals surface area contributed by atoms with Crippen LogP contribution in [0, 0.1) is 0 Å². The quantitative estimate of drug-likeness (QED) is 0.620. The molecule has 1 heterocycles. The van der Waals surface area contributed by atoms with Gasteiger partial charge in [0.15, 0.2) is 0 Å². The summed E-state index contributed by atoms with van der Waals surface area (Å²) in [6.07, 6.45) is 5.94. The van der Waals surface area contributed by atoms with Crippen LogP contribution < -0.4 is 11.1 Å². The van der Waals surface area contributed by atoms with Crippen molar-refractivity contribution in [1.29, 1.82) is 0 Å². The van der Waals surface area contributed by atoms with Crippen LogP contribution in [-0.4, -0.2) is 22.6 Å². The Balaban J connectivity index is 2.10. The van der Waals surface area contributed by atoms with Gasteiger partial charge in [0.05, 0.1) is 12.0 Å². The van der Waals surface area contributed by atoms with Crippen LogP contribution >= 0.6 is 0 Å². The maximum absolute atomic E-state index is 5.39. The molecule has 1 aromatic heterocycles. The highest BCUT2D eigenvalue weighted by Gasteiger charge is 1.95. The monoisotopic (exact) mass is 182 g/mol. The van der Waals surface area contributed by atoms with Gasteiger partial charge in [-0.2, -0.15) is 0 Å². The second-order valence-electron chi connectivity index (χ2n) is 3.17. The predicted octanol–water partition coefficient (Wildman–Crippen LogP) is 0.249. The fourth-order valence-electron chi connectivity index (χ4n) is 1.17. The van der Waals surface area contributed by atoms with Gasteiger partial charge in [-0.25, -0.2) is 4.98 Å².